The summed E-state index contributed by atoms with van der Waals surface area (Å²) in [4.78, 5) is 15.4. The molecule has 0 N–H and O–H groups in total. The summed E-state index contributed by atoms with van der Waals surface area (Å²) >= 11 is 1.72. The van der Waals surface area contributed by atoms with Gasteiger partial charge in [0.05, 0.1) is 0 Å². The molecular weight excluding hydrogens is 332 g/mol. The molecule has 0 saturated heterocycles. The molecule has 0 bridgehead atoms. The van der Waals surface area contributed by atoms with Crippen molar-refractivity contribution < 1.29 is 4.79 Å². The number of Topliss-reactive ketones (excluding diaryl/α,β-unsaturated/α-hetero) is 1. The first-order valence-corrected chi connectivity index (χ1v) is 10.9. The fourth-order valence-corrected chi connectivity index (χ4v) is 6.02. The van der Waals surface area contributed by atoms with E-state index < -0.39 is 0 Å². The zero-order valence-corrected chi connectivity index (χ0v) is 16.7. The lowest BCUT2D eigenvalue weighted by Gasteiger charge is -2.24. The van der Waals surface area contributed by atoms with Crippen molar-refractivity contribution >= 4 is 28.4 Å². The minimum Gasteiger partial charge on any atom is -0.288 e. The second kappa shape index (κ2) is 8.77. The minimum absolute atomic E-state index is 0.136. The highest BCUT2D eigenvalue weighted by Gasteiger charge is 2.43. The number of carbonyl (C=O) groups excluding carboxylic acids is 1. The Balaban J connectivity index is 2.13. The van der Waals surface area contributed by atoms with Crippen LogP contribution in [0, 0.1) is 0 Å². The summed E-state index contributed by atoms with van der Waals surface area (Å²) < 4.78 is -0.279. The quantitative estimate of drug-likeness (QED) is 0.434. The number of ketones is 1. The SMILES string of the molecule is CCC[S+](CC)C(C)(C)C(=O)c1ccc(Sc2ccccc2)cc1. The van der Waals surface area contributed by atoms with Crippen molar-refractivity contribution in [3.63, 3.8) is 0 Å². The zero-order chi connectivity index (χ0) is 17.6. The van der Waals surface area contributed by atoms with Gasteiger partial charge in [-0.05, 0) is 51.5 Å². The lowest BCUT2D eigenvalue weighted by Crippen LogP contribution is -2.43. The number of rotatable bonds is 8. The van der Waals surface area contributed by atoms with Crippen molar-refractivity contribution in [3.05, 3.63) is 60.2 Å². The first-order chi connectivity index (χ1) is 11.5. The number of hydrogen-bond acceptors (Lipinski definition) is 2. The Kier molecular flexibility index (Phi) is 7.00. The Bertz CT molecular complexity index is 647. The fourth-order valence-electron chi connectivity index (χ4n) is 2.78. The van der Waals surface area contributed by atoms with Gasteiger partial charge in [0.25, 0.3) is 0 Å². The molecule has 1 nitrogen and oxygen atoms in total. The highest BCUT2D eigenvalue weighted by Crippen LogP contribution is 2.30. The van der Waals surface area contributed by atoms with E-state index in [-0.39, 0.29) is 21.4 Å². The number of benzene rings is 2. The second-order valence-corrected chi connectivity index (χ2v) is 10.4. The van der Waals surface area contributed by atoms with Gasteiger partial charge in [-0.25, -0.2) is 0 Å². The predicted molar refractivity (Wildman–Crippen MR) is 108 cm³/mol. The van der Waals surface area contributed by atoms with Crippen molar-refractivity contribution in [2.24, 2.45) is 0 Å². The third kappa shape index (κ3) is 4.67. The van der Waals surface area contributed by atoms with Crippen LogP contribution in [0.1, 0.15) is 44.5 Å². The molecule has 0 aliphatic heterocycles. The molecule has 0 aliphatic carbocycles. The Morgan fingerprint density at radius 2 is 1.54 bits per heavy atom. The van der Waals surface area contributed by atoms with Gasteiger partial charge in [0.15, 0.2) is 4.75 Å². The normalized spacial score (nSPS) is 12.8. The summed E-state index contributed by atoms with van der Waals surface area (Å²) in [5.41, 5.74) is 0.833. The largest absolute Gasteiger partial charge is 0.288 e. The maximum Gasteiger partial charge on any atom is 0.217 e. The average Bonchev–Trinajstić information content (AvgIpc) is 2.60. The van der Waals surface area contributed by atoms with E-state index in [9.17, 15) is 4.79 Å². The maximum atomic E-state index is 13.0. The van der Waals surface area contributed by atoms with E-state index in [0.717, 1.165) is 23.5 Å². The molecule has 0 heterocycles. The van der Waals surface area contributed by atoms with Gasteiger partial charge in [-0.15, -0.1) is 0 Å². The highest BCUT2D eigenvalue weighted by molar-refractivity contribution is 7.99. The predicted octanol–water partition coefficient (Wildman–Crippen LogP) is 5.85. The molecular formula is C21H27OS2+. The van der Waals surface area contributed by atoms with E-state index in [4.69, 9.17) is 0 Å². The van der Waals surface area contributed by atoms with E-state index in [1.165, 1.54) is 9.79 Å². The third-order valence-corrected chi connectivity index (χ3v) is 8.41. The molecule has 24 heavy (non-hydrogen) atoms. The summed E-state index contributed by atoms with van der Waals surface area (Å²) in [5.74, 6) is 2.49. The monoisotopic (exact) mass is 359 g/mol. The second-order valence-electron chi connectivity index (χ2n) is 6.26. The van der Waals surface area contributed by atoms with Gasteiger partial charge in [0.1, 0.15) is 11.5 Å². The molecule has 0 fully saturated rings. The standard InChI is InChI=1S/C21H27OS2/c1-5-16-24(6-2)21(3,4)20(22)17-12-14-19(15-13-17)23-18-10-8-7-9-11-18/h7-15H,5-6,16H2,1-4H3/q+1. The fraction of sp³-hybridized carbons (Fsp3) is 0.381. The Morgan fingerprint density at radius 3 is 2.08 bits per heavy atom. The molecule has 2 rings (SSSR count). The lowest BCUT2D eigenvalue weighted by molar-refractivity contribution is 0.0956. The van der Waals surface area contributed by atoms with Crippen LogP contribution in [0.25, 0.3) is 0 Å². The molecule has 128 valence electrons. The highest BCUT2D eigenvalue weighted by atomic mass is 32.2. The van der Waals surface area contributed by atoms with Gasteiger partial charge in [-0.3, -0.25) is 4.79 Å². The van der Waals surface area contributed by atoms with E-state index >= 15 is 0 Å². The lowest BCUT2D eigenvalue weighted by atomic mass is 10.0. The third-order valence-electron chi connectivity index (χ3n) is 4.16. The molecule has 0 aliphatic rings. The summed E-state index contributed by atoms with van der Waals surface area (Å²) in [6, 6.07) is 18.4. The van der Waals surface area contributed by atoms with Gasteiger partial charge in [0, 0.05) is 26.2 Å². The van der Waals surface area contributed by atoms with Gasteiger partial charge >= 0.3 is 0 Å². The Hall–Kier alpha value is -1.19. The molecule has 2 aromatic rings. The van der Waals surface area contributed by atoms with Crippen LogP contribution in [0.4, 0.5) is 0 Å². The molecule has 0 aromatic heterocycles. The summed E-state index contributed by atoms with van der Waals surface area (Å²) in [5, 5.41) is 0. The molecule has 0 amide bonds. The minimum atomic E-state index is -0.279. The van der Waals surface area contributed by atoms with Crippen LogP contribution in [0.15, 0.2) is 64.4 Å². The average molecular weight is 360 g/mol. The van der Waals surface area contributed by atoms with E-state index in [1.54, 1.807) is 11.8 Å². The Labute approximate surface area is 153 Å². The summed E-state index contributed by atoms with van der Waals surface area (Å²) in [6.07, 6.45) is 1.14. The van der Waals surface area contributed by atoms with E-state index in [0.29, 0.717) is 0 Å². The van der Waals surface area contributed by atoms with Crippen LogP contribution in [-0.2, 0) is 10.9 Å². The van der Waals surface area contributed by atoms with Gasteiger partial charge in [-0.2, -0.15) is 0 Å². The first-order valence-electron chi connectivity index (χ1n) is 8.54. The van der Waals surface area contributed by atoms with Crippen molar-refractivity contribution in [1.29, 1.82) is 0 Å². The maximum absolute atomic E-state index is 13.0. The van der Waals surface area contributed by atoms with E-state index in [1.807, 2.05) is 30.3 Å². The molecule has 0 spiro atoms. The van der Waals surface area contributed by atoms with Crippen molar-refractivity contribution in [2.45, 2.75) is 48.7 Å². The molecule has 1 atom stereocenters. The molecule has 0 radical (unpaired) electrons. The molecule has 0 saturated carbocycles. The van der Waals surface area contributed by atoms with Crippen LogP contribution in [0.3, 0.4) is 0 Å². The summed E-state index contributed by atoms with van der Waals surface area (Å²) in [6.45, 7) is 8.63. The Morgan fingerprint density at radius 1 is 0.958 bits per heavy atom. The van der Waals surface area contributed by atoms with Crippen molar-refractivity contribution in [2.75, 3.05) is 11.5 Å². The molecule has 3 heteroatoms. The van der Waals surface area contributed by atoms with Crippen LogP contribution < -0.4 is 0 Å². The number of carbonyl (C=O) groups is 1. The van der Waals surface area contributed by atoms with Gasteiger partial charge in [0.2, 0.25) is 5.78 Å². The van der Waals surface area contributed by atoms with E-state index in [2.05, 4.69) is 52.0 Å². The smallest absolute Gasteiger partial charge is 0.217 e. The first kappa shape index (κ1) is 19.1. The number of hydrogen-bond donors (Lipinski definition) is 0. The van der Waals surface area contributed by atoms with Crippen LogP contribution in [-0.4, -0.2) is 22.0 Å². The van der Waals surface area contributed by atoms with Crippen LogP contribution in [0.5, 0.6) is 0 Å². The molecule has 2 aromatic carbocycles. The van der Waals surface area contributed by atoms with Gasteiger partial charge < -0.3 is 0 Å². The van der Waals surface area contributed by atoms with Gasteiger partial charge in [-0.1, -0.05) is 49.0 Å². The molecule has 1 unspecified atom stereocenters. The van der Waals surface area contributed by atoms with Crippen LogP contribution >= 0.6 is 11.8 Å². The topological polar surface area (TPSA) is 17.1 Å². The van der Waals surface area contributed by atoms with Crippen molar-refractivity contribution in [3.8, 4) is 0 Å². The van der Waals surface area contributed by atoms with Crippen LogP contribution in [0.2, 0.25) is 0 Å². The summed E-state index contributed by atoms with van der Waals surface area (Å²) in [7, 11) is 0.136. The zero-order valence-electron chi connectivity index (χ0n) is 15.0. The van der Waals surface area contributed by atoms with Crippen molar-refractivity contribution in [1.82, 2.24) is 0 Å².